The topological polar surface area (TPSA) is 87.0 Å². The van der Waals surface area contributed by atoms with Crippen LogP contribution in [-0.2, 0) is 14.4 Å². The summed E-state index contributed by atoms with van der Waals surface area (Å²) in [4.78, 5) is 40.8. The van der Waals surface area contributed by atoms with Crippen LogP contribution in [0.25, 0.3) is 0 Å². The molecule has 5 aliphatic carbocycles. The van der Waals surface area contributed by atoms with Gasteiger partial charge in [0, 0.05) is 29.7 Å². The van der Waals surface area contributed by atoms with Gasteiger partial charge in [0.25, 0.3) is 0 Å². The molecule has 0 spiro atoms. The van der Waals surface area contributed by atoms with Crippen molar-refractivity contribution < 1.29 is 14.4 Å². The Bertz CT molecular complexity index is 1230. The molecule has 212 valence electrons. The van der Waals surface area contributed by atoms with Crippen molar-refractivity contribution in [2.45, 2.75) is 107 Å². The number of nitrogens with zero attached hydrogens (tertiary/aromatic N) is 1. The van der Waals surface area contributed by atoms with Crippen LogP contribution in [0.5, 0.6) is 0 Å². The Morgan fingerprint density at radius 3 is 2.33 bits per heavy atom. The summed E-state index contributed by atoms with van der Waals surface area (Å²) < 4.78 is 0. The second-order valence-corrected chi connectivity index (χ2v) is 15.7. The lowest BCUT2D eigenvalue weighted by molar-refractivity contribution is -0.174. The molecule has 7 atom stereocenters. The molecule has 39 heavy (non-hydrogen) atoms. The number of ketones is 2. The Balaban J connectivity index is 1.66. The van der Waals surface area contributed by atoms with Crippen LogP contribution in [0.3, 0.4) is 0 Å². The van der Waals surface area contributed by atoms with Crippen LogP contribution in [-0.4, -0.2) is 24.0 Å². The lowest BCUT2D eigenvalue weighted by Crippen LogP contribution is -2.65. The highest BCUT2D eigenvalue weighted by Crippen LogP contribution is 2.74. The average molecular weight is 533 g/mol. The first kappa shape index (κ1) is 28.3. The molecule has 0 heterocycles. The predicted molar refractivity (Wildman–Crippen MR) is 152 cm³/mol. The quantitative estimate of drug-likeness (QED) is 0.436. The summed E-state index contributed by atoms with van der Waals surface area (Å²) in [5.74, 6) is 0.358. The van der Waals surface area contributed by atoms with Crippen LogP contribution in [0, 0.1) is 61.6 Å². The van der Waals surface area contributed by atoms with Gasteiger partial charge >= 0.3 is 0 Å². The fourth-order valence-corrected chi connectivity index (χ4v) is 10.6. The third-order valence-electron chi connectivity index (χ3n) is 12.9. The number of amides is 1. The number of nitriles is 1. The van der Waals surface area contributed by atoms with Gasteiger partial charge in [0.1, 0.15) is 6.07 Å². The molecule has 5 aliphatic rings. The van der Waals surface area contributed by atoms with Crippen molar-refractivity contribution in [2.24, 2.45) is 50.2 Å². The van der Waals surface area contributed by atoms with E-state index in [-0.39, 0.29) is 62.5 Å². The maximum atomic E-state index is 14.5. The molecule has 3 saturated carbocycles. The first-order valence-corrected chi connectivity index (χ1v) is 15.2. The van der Waals surface area contributed by atoms with Gasteiger partial charge in [-0.25, -0.2) is 0 Å². The first-order valence-electron chi connectivity index (χ1n) is 15.2. The van der Waals surface area contributed by atoms with Crippen LogP contribution < -0.4 is 5.32 Å². The zero-order chi connectivity index (χ0) is 28.8. The molecule has 5 nitrogen and oxygen atoms in total. The summed E-state index contributed by atoms with van der Waals surface area (Å²) in [6.45, 7) is 18.1. The number of rotatable bonds is 3. The van der Waals surface area contributed by atoms with E-state index in [0.29, 0.717) is 13.0 Å². The fourth-order valence-electron chi connectivity index (χ4n) is 10.6. The second-order valence-electron chi connectivity index (χ2n) is 15.7. The van der Waals surface area contributed by atoms with E-state index in [1.165, 1.54) is 0 Å². The molecule has 0 radical (unpaired) electrons. The van der Waals surface area contributed by atoms with Gasteiger partial charge in [-0.3, -0.25) is 14.4 Å². The highest BCUT2D eigenvalue weighted by Gasteiger charge is 2.69. The average Bonchev–Trinajstić information content (AvgIpc) is 2.84. The summed E-state index contributed by atoms with van der Waals surface area (Å²) in [6, 6.07) is 2.19. The van der Waals surface area contributed by atoms with Gasteiger partial charge in [0.05, 0.1) is 5.57 Å². The molecule has 3 fully saturated rings. The van der Waals surface area contributed by atoms with Gasteiger partial charge in [-0.2, -0.15) is 5.26 Å². The molecule has 0 saturated heterocycles. The zero-order valence-corrected chi connectivity index (χ0v) is 25.4. The molecule has 0 bridgehead atoms. The monoisotopic (exact) mass is 532 g/mol. The molecule has 0 aromatic rings. The normalized spacial score (nSPS) is 43.9. The molecule has 0 aliphatic heterocycles. The van der Waals surface area contributed by atoms with Gasteiger partial charge in [0.15, 0.2) is 11.6 Å². The SMILES string of the molecule is CCNC(=O)C[C@]12CCC(C)(C)CC1C1C(=O)C=C3[C@@]4(C)C=C(C#N)C(=O)C(C)(C)[C@@H]4CC[C@@]3(C)[C@]1(C)CC2. The van der Waals surface area contributed by atoms with Crippen LogP contribution in [0.4, 0.5) is 0 Å². The van der Waals surface area contributed by atoms with E-state index in [9.17, 15) is 19.6 Å². The minimum atomic E-state index is -0.653. The largest absolute Gasteiger partial charge is 0.356 e. The number of carbonyl (C=O) groups excluding carboxylic acids is 3. The van der Waals surface area contributed by atoms with E-state index in [0.717, 1.165) is 50.5 Å². The van der Waals surface area contributed by atoms with Crippen molar-refractivity contribution in [3.05, 3.63) is 23.3 Å². The molecule has 5 heteroatoms. The van der Waals surface area contributed by atoms with Crippen molar-refractivity contribution in [2.75, 3.05) is 6.54 Å². The van der Waals surface area contributed by atoms with E-state index < -0.39 is 10.8 Å². The highest BCUT2D eigenvalue weighted by molar-refractivity contribution is 6.04. The van der Waals surface area contributed by atoms with Crippen molar-refractivity contribution in [1.82, 2.24) is 5.32 Å². The summed E-state index contributed by atoms with van der Waals surface area (Å²) in [6.07, 6.45) is 11.2. The lowest BCUT2D eigenvalue weighted by Gasteiger charge is -2.69. The second kappa shape index (κ2) is 8.64. The Morgan fingerprint density at radius 2 is 1.69 bits per heavy atom. The smallest absolute Gasteiger partial charge is 0.220 e. The Morgan fingerprint density at radius 1 is 1.03 bits per heavy atom. The van der Waals surface area contributed by atoms with Crippen LogP contribution >= 0.6 is 0 Å². The van der Waals surface area contributed by atoms with E-state index >= 15 is 0 Å². The number of Topliss-reactive ketones (excluding diaryl/α,β-unsaturated/α-hetero) is 1. The molecular weight excluding hydrogens is 484 g/mol. The summed E-state index contributed by atoms with van der Waals surface area (Å²) in [5.41, 5.74) is -0.247. The van der Waals surface area contributed by atoms with Gasteiger partial charge in [-0.15, -0.1) is 0 Å². The Hall–Kier alpha value is -2.22. The first-order chi connectivity index (χ1) is 18.0. The van der Waals surface area contributed by atoms with E-state index in [4.69, 9.17) is 0 Å². The van der Waals surface area contributed by atoms with Gasteiger partial charge in [-0.05, 0) is 91.4 Å². The van der Waals surface area contributed by atoms with Gasteiger partial charge < -0.3 is 5.32 Å². The highest BCUT2D eigenvalue weighted by atomic mass is 16.1. The number of allylic oxidation sites excluding steroid dienone is 4. The van der Waals surface area contributed by atoms with Crippen LogP contribution in [0.15, 0.2) is 23.3 Å². The summed E-state index contributed by atoms with van der Waals surface area (Å²) in [5, 5.41) is 13.0. The summed E-state index contributed by atoms with van der Waals surface area (Å²) in [7, 11) is 0. The van der Waals surface area contributed by atoms with Crippen LogP contribution in [0.2, 0.25) is 0 Å². The lowest BCUT2D eigenvalue weighted by atomic mass is 9.34. The van der Waals surface area contributed by atoms with Gasteiger partial charge in [0.2, 0.25) is 5.91 Å². The summed E-state index contributed by atoms with van der Waals surface area (Å²) >= 11 is 0. The standard InChI is InChI=1S/C34H48N2O3/c1-9-36-26(38)19-34-14-12-29(2,3)18-22(34)27-23(37)16-25-31(6)17-21(20-35)28(39)30(4,5)24(31)10-11-32(25,7)33(27,8)13-15-34/h16-17,22,24,27H,9-15,18-19H2,1-8H3,(H,36,38)/t22?,24-,27?,31-,32+,33+,34+/m0/s1. The maximum absolute atomic E-state index is 14.5. The number of hydrogen-bond donors (Lipinski definition) is 1. The van der Waals surface area contributed by atoms with Crippen molar-refractivity contribution in [3.8, 4) is 6.07 Å². The number of hydrogen-bond acceptors (Lipinski definition) is 4. The number of carbonyl (C=O) groups is 3. The maximum Gasteiger partial charge on any atom is 0.220 e. The van der Waals surface area contributed by atoms with E-state index in [1.54, 1.807) is 0 Å². The molecule has 1 N–H and O–H groups in total. The minimum Gasteiger partial charge on any atom is -0.356 e. The molecule has 5 rings (SSSR count). The molecule has 0 aromatic heterocycles. The van der Waals surface area contributed by atoms with Crippen molar-refractivity contribution >= 4 is 17.5 Å². The Kier molecular flexibility index (Phi) is 6.27. The Labute approximate surface area is 235 Å². The van der Waals surface area contributed by atoms with Gasteiger partial charge in [-0.1, -0.05) is 60.1 Å². The van der Waals surface area contributed by atoms with Crippen molar-refractivity contribution in [3.63, 3.8) is 0 Å². The predicted octanol–water partition coefficient (Wildman–Crippen LogP) is 6.73. The zero-order valence-electron chi connectivity index (χ0n) is 25.4. The van der Waals surface area contributed by atoms with E-state index in [2.05, 4.69) is 46.0 Å². The third kappa shape index (κ3) is 3.72. The van der Waals surface area contributed by atoms with E-state index in [1.807, 2.05) is 32.9 Å². The van der Waals surface area contributed by atoms with Crippen LogP contribution in [0.1, 0.15) is 107 Å². The number of fused-ring (bicyclic) bond motifs is 7. The molecule has 1 amide bonds. The third-order valence-corrected chi connectivity index (χ3v) is 12.9. The molecule has 2 unspecified atom stereocenters. The number of nitrogens with one attached hydrogen (secondary N) is 1. The molecule has 0 aromatic carbocycles. The fraction of sp³-hybridized carbons (Fsp3) is 0.765. The minimum absolute atomic E-state index is 0.0518. The van der Waals surface area contributed by atoms with Crippen molar-refractivity contribution in [1.29, 1.82) is 5.26 Å². The molecular formula is C34H48N2O3.